The van der Waals surface area contributed by atoms with Crippen molar-refractivity contribution in [3.63, 3.8) is 0 Å². The van der Waals surface area contributed by atoms with Crippen LogP contribution in [0.15, 0.2) is 18.5 Å². The van der Waals surface area contributed by atoms with Gasteiger partial charge in [0.25, 0.3) is 0 Å². The molecule has 120 valence electrons. The first-order chi connectivity index (χ1) is 11.1. The summed E-state index contributed by atoms with van der Waals surface area (Å²) in [5.74, 6) is 2.25. The van der Waals surface area contributed by atoms with E-state index < -0.39 is 0 Å². The smallest absolute Gasteiger partial charge is 0.244 e. The minimum Gasteiger partial charge on any atom is -0.347 e. The number of rotatable bonds is 5. The Morgan fingerprint density at radius 3 is 2.87 bits per heavy atom. The van der Waals surface area contributed by atoms with E-state index in [2.05, 4.69) is 30.0 Å². The summed E-state index contributed by atoms with van der Waals surface area (Å²) in [6.45, 7) is 1.31. The fourth-order valence-corrected chi connectivity index (χ4v) is 2.39. The predicted octanol–water partition coefficient (Wildman–Crippen LogP) is 0.410. The fourth-order valence-electron chi connectivity index (χ4n) is 2.39. The number of carbonyl (C=O) groups is 1. The molecule has 0 atom stereocenters. The van der Waals surface area contributed by atoms with Gasteiger partial charge in [0, 0.05) is 51.1 Å². The molecular weight excluding hydrogens is 294 g/mol. The number of hydrogen-bond donors (Lipinski definition) is 1. The first kappa shape index (κ1) is 15.1. The van der Waals surface area contributed by atoms with Gasteiger partial charge >= 0.3 is 0 Å². The van der Waals surface area contributed by atoms with Crippen molar-refractivity contribution in [2.24, 2.45) is 0 Å². The molecule has 3 rings (SSSR count). The lowest BCUT2D eigenvalue weighted by molar-refractivity contribution is -0.116. The van der Waals surface area contributed by atoms with E-state index in [-0.39, 0.29) is 5.91 Å². The SMILES string of the molecule is CN(C)c1ncc(/C=C/C(=O)NCc2nnc3n2CCC3)cn1. The van der Waals surface area contributed by atoms with Crippen molar-refractivity contribution < 1.29 is 4.79 Å². The van der Waals surface area contributed by atoms with Crippen LogP contribution in [0.3, 0.4) is 0 Å². The van der Waals surface area contributed by atoms with Gasteiger partial charge in [0.1, 0.15) is 5.82 Å². The molecule has 0 radical (unpaired) electrons. The zero-order valence-electron chi connectivity index (χ0n) is 13.2. The molecule has 0 saturated carbocycles. The Morgan fingerprint density at radius 2 is 2.13 bits per heavy atom. The molecule has 0 saturated heterocycles. The van der Waals surface area contributed by atoms with Crippen molar-refractivity contribution in [1.29, 1.82) is 0 Å². The lowest BCUT2D eigenvalue weighted by atomic mass is 10.3. The number of nitrogens with one attached hydrogen (secondary N) is 1. The zero-order valence-corrected chi connectivity index (χ0v) is 13.2. The van der Waals surface area contributed by atoms with E-state index in [0.717, 1.165) is 36.6 Å². The third kappa shape index (κ3) is 3.53. The van der Waals surface area contributed by atoms with E-state index in [1.54, 1.807) is 18.5 Å². The number of aryl methyl sites for hydroxylation is 1. The van der Waals surface area contributed by atoms with Gasteiger partial charge in [-0.15, -0.1) is 10.2 Å². The summed E-state index contributed by atoms with van der Waals surface area (Å²) >= 11 is 0. The Bertz CT molecular complexity index is 718. The second kappa shape index (κ2) is 6.55. The number of fused-ring (bicyclic) bond motifs is 1. The van der Waals surface area contributed by atoms with Crippen molar-refractivity contribution in [2.45, 2.75) is 25.9 Å². The fraction of sp³-hybridized carbons (Fsp3) is 0.400. The maximum atomic E-state index is 11.9. The van der Waals surface area contributed by atoms with Crippen LogP contribution in [0.2, 0.25) is 0 Å². The highest BCUT2D eigenvalue weighted by Gasteiger charge is 2.16. The predicted molar refractivity (Wildman–Crippen MR) is 85.6 cm³/mol. The molecule has 2 aromatic heterocycles. The molecule has 1 aliphatic heterocycles. The van der Waals surface area contributed by atoms with Crippen molar-refractivity contribution >= 4 is 17.9 Å². The molecule has 8 nitrogen and oxygen atoms in total. The quantitative estimate of drug-likeness (QED) is 0.804. The van der Waals surface area contributed by atoms with Gasteiger partial charge < -0.3 is 14.8 Å². The van der Waals surface area contributed by atoms with E-state index in [9.17, 15) is 4.79 Å². The Labute approximate surface area is 134 Å². The summed E-state index contributed by atoms with van der Waals surface area (Å²) in [5, 5.41) is 11.0. The Hall–Kier alpha value is -2.77. The third-order valence-electron chi connectivity index (χ3n) is 3.59. The van der Waals surface area contributed by atoms with E-state index in [0.29, 0.717) is 12.5 Å². The van der Waals surface area contributed by atoms with Gasteiger partial charge in [0.05, 0.1) is 6.54 Å². The highest BCUT2D eigenvalue weighted by atomic mass is 16.1. The molecule has 0 fully saturated rings. The highest BCUT2D eigenvalue weighted by Crippen LogP contribution is 2.13. The van der Waals surface area contributed by atoms with Crippen molar-refractivity contribution in [2.75, 3.05) is 19.0 Å². The summed E-state index contributed by atoms with van der Waals surface area (Å²) in [5.41, 5.74) is 0.772. The Kier molecular flexibility index (Phi) is 4.31. The molecule has 1 N–H and O–H groups in total. The van der Waals surface area contributed by atoms with Gasteiger partial charge in [-0.2, -0.15) is 0 Å². The molecule has 0 bridgehead atoms. The lowest BCUT2D eigenvalue weighted by Crippen LogP contribution is -2.22. The van der Waals surface area contributed by atoms with Crippen LogP contribution in [0.4, 0.5) is 5.95 Å². The standard InChI is InChI=1S/C15H19N7O/c1-21(2)15-17-8-11(9-18-15)5-6-14(23)16-10-13-20-19-12-4-3-7-22(12)13/h5-6,8-9H,3-4,7,10H2,1-2H3,(H,16,23)/b6-5+. The number of aromatic nitrogens is 5. The summed E-state index contributed by atoms with van der Waals surface area (Å²) < 4.78 is 2.07. The maximum Gasteiger partial charge on any atom is 0.244 e. The lowest BCUT2D eigenvalue weighted by Gasteiger charge is -2.08. The van der Waals surface area contributed by atoms with Crippen LogP contribution in [-0.2, 0) is 24.3 Å². The van der Waals surface area contributed by atoms with E-state index in [1.165, 1.54) is 6.08 Å². The molecule has 0 aliphatic carbocycles. The Balaban J connectivity index is 1.54. The topological polar surface area (TPSA) is 88.8 Å². The van der Waals surface area contributed by atoms with Crippen LogP contribution in [0.25, 0.3) is 6.08 Å². The number of hydrogen-bond acceptors (Lipinski definition) is 6. The molecule has 3 heterocycles. The molecule has 1 aliphatic rings. The molecule has 0 spiro atoms. The number of amides is 1. The van der Waals surface area contributed by atoms with E-state index >= 15 is 0 Å². The average Bonchev–Trinajstić information content (AvgIpc) is 3.15. The minimum absolute atomic E-state index is 0.183. The summed E-state index contributed by atoms with van der Waals surface area (Å²) in [6, 6.07) is 0. The second-order valence-electron chi connectivity index (χ2n) is 5.55. The molecule has 1 amide bonds. The van der Waals surface area contributed by atoms with Crippen molar-refractivity contribution in [3.8, 4) is 0 Å². The maximum absolute atomic E-state index is 11.9. The van der Waals surface area contributed by atoms with Crippen molar-refractivity contribution in [3.05, 3.63) is 35.7 Å². The zero-order chi connectivity index (χ0) is 16.2. The highest BCUT2D eigenvalue weighted by molar-refractivity contribution is 5.91. The van der Waals surface area contributed by atoms with Crippen LogP contribution in [-0.4, -0.2) is 44.7 Å². The molecular formula is C15H19N7O. The van der Waals surface area contributed by atoms with Crippen LogP contribution in [0.5, 0.6) is 0 Å². The minimum atomic E-state index is -0.183. The molecule has 8 heteroatoms. The van der Waals surface area contributed by atoms with E-state index in [4.69, 9.17) is 0 Å². The summed E-state index contributed by atoms with van der Waals surface area (Å²) in [6.07, 6.45) is 8.56. The largest absolute Gasteiger partial charge is 0.347 e. The van der Waals surface area contributed by atoms with Gasteiger partial charge in [-0.05, 0) is 12.5 Å². The van der Waals surface area contributed by atoms with Crippen LogP contribution < -0.4 is 10.2 Å². The van der Waals surface area contributed by atoms with Crippen LogP contribution in [0.1, 0.15) is 23.6 Å². The second-order valence-corrected chi connectivity index (χ2v) is 5.55. The molecule has 2 aromatic rings. The average molecular weight is 313 g/mol. The Morgan fingerprint density at radius 1 is 1.35 bits per heavy atom. The third-order valence-corrected chi connectivity index (χ3v) is 3.59. The van der Waals surface area contributed by atoms with Gasteiger partial charge in [-0.3, -0.25) is 4.79 Å². The molecule has 0 unspecified atom stereocenters. The van der Waals surface area contributed by atoms with E-state index in [1.807, 2.05) is 19.0 Å². The first-order valence-electron chi connectivity index (χ1n) is 7.50. The summed E-state index contributed by atoms with van der Waals surface area (Å²) in [7, 11) is 3.75. The van der Waals surface area contributed by atoms with Gasteiger partial charge in [-0.1, -0.05) is 0 Å². The first-order valence-corrected chi connectivity index (χ1v) is 7.50. The van der Waals surface area contributed by atoms with Gasteiger partial charge in [-0.25, -0.2) is 9.97 Å². The molecule has 23 heavy (non-hydrogen) atoms. The van der Waals surface area contributed by atoms with Crippen LogP contribution in [0, 0.1) is 0 Å². The monoisotopic (exact) mass is 313 g/mol. The normalized spacial score (nSPS) is 13.3. The van der Waals surface area contributed by atoms with Crippen LogP contribution >= 0.6 is 0 Å². The molecule has 0 aromatic carbocycles. The van der Waals surface area contributed by atoms with Gasteiger partial charge in [0.2, 0.25) is 11.9 Å². The number of nitrogens with zero attached hydrogens (tertiary/aromatic N) is 6. The van der Waals surface area contributed by atoms with Crippen molar-refractivity contribution in [1.82, 2.24) is 30.0 Å². The summed E-state index contributed by atoms with van der Waals surface area (Å²) in [4.78, 5) is 22.1. The van der Waals surface area contributed by atoms with Gasteiger partial charge in [0.15, 0.2) is 5.82 Å². The number of carbonyl (C=O) groups excluding carboxylic acids is 1. The number of anilines is 1.